The largest absolute Gasteiger partial charge is 0.385 e. The quantitative estimate of drug-likeness (QED) is 0.432. The topological polar surface area (TPSA) is 9.23 Å². The highest BCUT2D eigenvalue weighted by molar-refractivity contribution is 6.58. The number of hydrogen-bond donors (Lipinski definition) is 0. The summed E-state index contributed by atoms with van der Waals surface area (Å²) in [5.74, 6) is 0.771. The van der Waals surface area contributed by atoms with Gasteiger partial charge in [-0.05, 0) is 67.6 Å². The van der Waals surface area contributed by atoms with Gasteiger partial charge in [0.15, 0.2) is 11.6 Å². The summed E-state index contributed by atoms with van der Waals surface area (Å²) in [6.07, 6.45) is 8.91. The van der Waals surface area contributed by atoms with Gasteiger partial charge in [-0.15, -0.1) is 0 Å². The molecule has 1 heterocycles. The zero-order chi connectivity index (χ0) is 17.6. The summed E-state index contributed by atoms with van der Waals surface area (Å²) < 4.78 is 31.8. The van der Waals surface area contributed by atoms with E-state index in [-0.39, 0.29) is 8.80 Å². The van der Waals surface area contributed by atoms with Crippen LogP contribution in [0.1, 0.15) is 56.4 Å². The van der Waals surface area contributed by atoms with Crippen LogP contribution in [0.4, 0.5) is 8.78 Å². The van der Waals surface area contributed by atoms with Crippen molar-refractivity contribution in [2.45, 2.75) is 69.0 Å². The molecule has 0 aromatic heterocycles. The molecule has 2 fully saturated rings. The van der Waals surface area contributed by atoms with Crippen LogP contribution in [-0.4, -0.2) is 22.5 Å². The molecule has 4 heteroatoms. The maximum absolute atomic E-state index is 13.5. The van der Waals surface area contributed by atoms with Gasteiger partial charge in [0.1, 0.15) is 0 Å². The molecule has 0 atom stereocenters. The summed E-state index contributed by atoms with van der Waals surface area (Å²) in [6.45, 7) is 0.922. The fourth-order valence-electron chi connectivity index (χ4n) is 4.93. The summed E-state index contributed by atoms with van der Waals surface area (Å²) >= 11 is 0. The molecule has 0 unspecified atom stereocenters. The molecule has 1 aliphatic carbocycles. The molecular formula is C21H31F2OSi. The first-order valence-corrected chi connectivity index (χ1v) is 12.1. The third-order valence-electron chi connectivity index (χ3n) is 6.47. The lowest BCUT2D eigenvalue weighted by molar-refractivity contribution is 0.198. The summed E-state index contributed by atoms with van der Waals surface area (Å²) in [6, 6.07) is 8.87. The van der Waals surface area contributed by atoms with E-state index in [2.05, 4.69) is 0 Å². The van der Waals surface area contributed by atoms with Crippen LogP contribution in [0.2, 0.25) is 18.1 Å². The third kappa shape index (κ3) is 5.13. The van der Waals surface area contributed by atoms with Crippen molar-refractivity contribution < 1.29 is 13.5 Å². The van der Waals surface area contributed by atoms with E-state index in [0.717, 1.165) is 36.8 Å². The number of ether oxygens (including phenoxy) is 1. The molecule has 1 aromatic rings. The van der Waals surface area contributed by atoms with Gasteiger partial charge in [-0.3, -0.25) is 0 Å². The number of halogens is 2. The summed E-state index contributed by atoms with van der Waals surface area (Å²) in [5.41, 5.74) is 0.990. The lowest BCUT2D eigenvalue weighted by Crippen LogP contribution is -2.28. The highest BCUT2D eigenvalue weighted by atomic mass is 28.3. The summed E-state index contributed by atoms with van der Waals surface area (Å²) in [7, 11) is 1.69. The Hall–Kier alpha value is -0.743. The average Bonchev–Trinajstić information content (AvgIpc) is 2.65. The fourth-order valence-corrected chi connectivity index (χ4v) is 7.88. The normalized spacial score (nSPS) is 26.0. The number of rotatable bonds is 6. The van der Waals surface area contributed by atoms with Crippen molar-refractivity contribution in [3.63, 3.8) is 0 Å². The van der Waals surface area contributed by atoms with Crippen molar-refractivity contribution in [1.82, 2.24) is 0 Å². The maximum Gasteiger partial charge on any atom is 0.159 e. The van der Waals surface area contributed by atoms with Gasteiger partial charge in [0, 0.05) is 22.5 Å². The second-order valence-electron chi connectivity index (χ2n) is 7.97. The van der Waals surface area contributed by atoms with E-state index in [0.29, 0.717) is 5.92 Å². The molecule has 0 spiro atoms. The van der Waals surface area contributed by atoms with E-state index in [4.69, 9.17) is 4.74 Å². The summed E-state index contributed by atoms with van der Waals surface area (Å²) in [4.78, 5) is 0. The minimum Gasteiger partial charge on any atom is -0.385 e. The predicted molar refractivity (Wildman–Crippen MR) is 100 cm³/mol. The van der Waals surface area contributed by atoms with Gasteiger partial charge in [0.25, 0.3) is 0 Å². The smallest absolute Gasteiger partial charge is 0.159 e. The molecule has 0 amide bonds. The fraction of sp³-hybridized carbons (Fsp3) is 0.714. The lowest BCUT2D eigenvalue weighted by atomic mass is 9.72. The van der Waals surface area contributed by atoms with Crippen molar-refractivity contribution in [1.29, 1.82) is 0 Å². The highest BCUT2D eigenvalue weighted by Gasteiger charge is 2.31. The maximum atomic E-state index is 13.5. The Labute approximate surface area is 152 Å². The first-order chi connectivity index (χ1) is 12.2. The number of benzene rings is 1. The van der Waals surface area contributed by atoms with Crippen LogP contribution in [0.25, 0.3) is 0 Å². The zero-order valence-corrected chi connectivity index (χ0v) is 16.4. The van der Waals surface area contributed by atoms with E-state index in [9.17, 15) is 8.78 Å². The van der Waals surface area contributed by atoms with Crippen molar-refractivity contribution in [3.05, 3.63) is 35.4 Å². The van der Waals surface area contributed by atoms with E-state index in [1.54, 1.807) is 13.2 Å². The minimum absolute atomic E-state index is 0.110. The van der Waals surface area contributed by atoms with Gasteiger partial charge < -0.3 is 4.74 Å². The van der Waals surface area contributed by atoms with E-state index >= 15 is 0 Å². The van der Waals surface area contributed by atoms with Crippen LogP contribution in [0.5, 0.6) is 0 Å². The molecular weight excluding hydrogens is 334 g/mol. The molecule has 1 saturated carbocycles. The van der Waals surface area contributed by atoms with Crippen LogP contribution >= 0.6 is 0 Å². The Bertz CT molecular complexity index is 535. The Balaban J connectivity index is 1.43. The second kappa shape index (κ2) is 9.27. The minimum atomic E-state index is -0.734. The van der Waals surface area contributed by atoms with Crippen molar-refractivity contribution in [2.24, 2.45) is 11.8 Å². The molecule has 25 heavy (non-hydrogen) atoms. The van der Waals surface area contributed by atoms with E-state index in [1.165, 1.54) is 62.4 Å². The molecule has 1 aliphatic heterocycles. The predicted octanol–water partition coefficient (Wildman–Crippen LogP) is 6.18. The molecule has 139 valence electrons. The lowest BCUT2D eigenvalue weighted by Gasteiger charge is -2.37. The Morgan fingerprint density at radius 3 is 2.28 bits per heavy atom. The van der Waals surface area contributed by atoms with Gasteiger partial charge in [-0.25, -0.2) is 8.78 Å². The highest BCUT2D eigenvalue weighted by Crippen LogP contribution is 2.43. The second-order valence-corrected chi connectivity index (χ2v) is 11.0. The van der Waals surface area contributed by atoms with Gasteiger partial charge >= 0.3 is 0 Å². The zero-order valence-electron chi connectivity index (χ0n) is 15.4. The van der Waals surface area contributed by atoms with Crippen molar-refractivity contribution in [2.75, 3.05) is 13.7 Å². The molecule has 1 aromatic carbocycles. The molecule has 1 radical (unpaired) electrons. The Kier molecular flexibility index (Phi) is 7.06. The first kappa shape index (κ1) is 19.0. The van der Waals surface area contributed by atoms with Crippen LogP contribution in [0, 0.1) is 23.5 Å². The van der Waals surface area contributed by atoms with Gasteiger partial charge in [0.05, 0.1) is 0 Å². The number of hydrogen-bond acceptors (Lipinski definition) is 1. The molecule has 3 rings (SSSR count). The van der Waals surface area contributed by atoms with Crippen molar-refractivity contribution >= 4 is 8.80 Å². The average molecular weight is 366 g/mol. The van der Waals surface area contributed by atoms with Gasteiger partial charge in [0.2, 0.25) is 0 Å². The van der Waals surface area contributed by atoms with Gasteiger partial charge in [-0.2, -0.15) is 0 Å². The van der Waals surface area contributed by atoms with Crippen LogP contribution in [-0.2, 0) is 4.74 Å². The van der Waals surface area contributed by atoms with Crippen LogP contribution in [0.3, 0.4) is 0 Å². The first-order valence-electron chi connectivity index (χ1n) is 9.95. The standard InChI is InChI=1S/C21H31F2OSi/c1-24-11-2-12-25-13-9-18(10-14-25)16-3-5-17(6-4-16)19-7-8-20(22)21(23)15-19/h7-8,15-18H,2-6,9-14H2,1H3. The van der Waals surface area contributed by atoms with Crippen LogP contribution in [0.15, 0.2) is 18.2 Å². The molecule has 2 aliphatic rings. The molecule has 1 nitrogen and oxygen atoms in total. The molecule has 0 N–H and O–H groups in total. The SMILES string of the molecule is COCCC[Si]1CCC(C2CCC(c3ccc(F)c(F)c3)CC2)CC1. The summed E-state index contributed by atoms with van der Waals surface area (Å²) in [5, 5.41) is 0. The third-order valence-corrected chi connectivity index (χ3v) is 9.52. The number of methoxy groups -OCH3 is 1. The molecule has 0 bridgehead atoms. The van der Waals surface area contributed by atoms with Gasteiger partial charge in [-0.1, -0.05) is 37.0 Å². The molecule has 1 saturated heterocycles. The Morgan fingerprint density at radius 2 is 1.64 bits per heavy atom. The van der Waals surface area contributed by atoms with E-state index in [1.807, 2.05) is 0 Å². The Morgan fingerprint density at radius 1 is 0.960 bits per heavy atom. The van der Waals surface area contributed by atoms with E-state index < -0.39 is 11.6 Å². The van der Waals surface area contributed by atoms with Crippen molar-refractivity contribution in [3.8, 4) is 0 Å². The van der Waals surface area contributed by atoms with Crippen LogP contribution < -0.4 is 0 Å². The monoisotopic (exact) mass is 365 g/mol.